The molecule has 6 rings (SSSR count). The van der Waals surface area contributed by atoms with Crippen molar-refractivity contribution in [2.75, 3.05) is 70.6 Å². The molecule has 12 nitrogen and oxygen atoms in total. The van der Waals surface area contributed by atoms with E-state index in [1.807, 2.05) is 13.1 Å². The van der Waals surface area contributed by atoms with Gasteiger partial charge >= 0.3 is 0 Å². The van der Waals surface area contributed by atoms with Gasteiger partial charge < -0.3 is 41.9 Å². The molecule has 0 unspecified atom stereocenters. The van der Waals surface area contributed by atoms with Crippen LogP contribution in [0.2, 0.25) is 0 Å². The SMILES string of the molecule is C.C.C.CN1CC=C(Br)CC1.CN1CC=C(n2cc(F)cc(N)c2=O)CC1.Nc1cc(F)c[nH]c1=O.Nc1cc(F)cn(C2CCNCC2)c1=O. The molecule has 6 heterocycles. The number of H-pyrrole nitrogens is 1. The number of nitrogens with one attached hydrogen (secondary N) is 2. The van der Waals surface area contributed by atoms with Gasteiger partial charge in [-0.2, -0.15) is 0 Å². The average Bonchev–Trinajstić information content (AvgIpc) is 3.06. The van der Waals surface area contributed by atoms with Gasteiger partial charge in [0.1, 0.15) is 34.5 Å². The number of nitrogens with zero attached hydrogens (tertiary/aromatic N) is 4. The summed E-state index contributed by atoms with van der Waals surface area (Å²) in [5.74, 6) is -1.48. The Hall–Kier alpha value is -4.12. The first kappa shape index (κ1) is 46.9. The molecule has 0 amide bonds. The maximum absolute atomic E-state index is 13.2. The standard InChI is InChI=1S/C11H14FN3O.C10H14FN3O.C6H10BrN.C5H5FN2O.3CH4/c1-14-4-2-9(3-5-14)15-7-8(12)6-10(13)11(15)16;11-7-5-9(12)10(15)14(6-7)8-1-3-13-4-2-8;1-8-4-2-6(7)3-5-8;6-3-1-4(7)5(9)8-2-3;;;/h2,6-7H,3-5,13H2,1H3;5-6,8,13H,1-4,12H2;2H,3-5H2,1H3;1-2H,7H2,(H,8,9);3*1H4. The van der Waals surface area contributed by atoms with Crippen LogP contribution in [0.25, 0.3) is 5.70 Å². The Kier molecular flexibility index (Phi) is 20.8. The molecule has 1 fully saturated rings. The van der Waals surface area contributed by atoms with Crippen molar-refractivity contribution in [1.82, 2.24) is 29.2 Å². The minimum atomic E-state index is -0.535. The number of likely N-dealkylation sites (N-methyl/N-ethyl adjacent to an activating group) is 2. The highest BCUT2D eigenvalue weighted by molar-refractivity contribution is 9.11. The van der Waals surface area contributed by atoms with Gasteiger partial charge in [-0.15, -0.1) is 0 Å². The van der Waals surface area contributed by atoms with Gasteiger partial charge in [-0.05, 0) is 50.9 Å². The number of piperidine rings is 1. The molecule has 3 aromatic rings. The molecule has 1 saturated heterocycles. The Bertz CT molecular complexity index is 1770. The summed E-state index contributed by atoms with van der Waals surface area (Å²) >= 11 is 3.45. The number of nitrogen functional groups attached to an aromatic ring is 3. The first-order chi connectivity index (χ1) is 22.7. The zero-order valence-corrected chi connectivity index (χ0v) is 28.6. The molecule has 0 spiro atoms. The van der Waals surface area contributed by atoms with Crippen molar-refractivity contribution < 1.29 is 13.2 Å². The fraction of sp³-hybridized carbons (Fsp3) is 0.457. The highest BCUT2D eigenvalue weighted by Crippen LogP contribution is 2.18. The molecule has 3 aromatic heterocycles. The van der Waals surface area contributed by atoms with Crippen LogP contribution in [-0.4, -0.2) is 77.3 Å². The van der Waals surface area contributed by atoms with Gasteiger partial charge in [0.25, 0.3) is 16.7 Å². The van der Waals surface area contributed by atoms with Crippen LogP contribution >= 0.6 is 15.9 Å². The number of nitrogens with two attached hydrogens (primary N) is 3. The van der Waals surface area contributed by atoms with Gasteiger partial charge in [0.2, 0.25) is 0 Å². The Balaban J connectivity index is 0.000000665. The average molecular weight is 787 g/mol. The summed E-state index contributed by atoms with van der Waals surface area (Å²) in [6, 6.07) is 3.16. The third kappa shape index (κ3) is 14.9. The van der Waals surface area contributed by atoms with E-state index in [4.69, 9.17) is 17.2 Å². The van der Waals surface area contributed by atoms with E-state index in [0.29, 0.717) is 0 Å². The molecule has 0 atom stereocenters. The van der Waals surface area contributed by atoms with E-state index in [-0.39, 0.29) is 56.5 Å². The van der Waals surface area contributed by atoms with Gasteiger partial charge in [0, 0.05) is 81.1 Å². The van der Waals surface area contributed by atoms with E-state index < -0.39 is 23.0 Å². The van der Waals surface area contributed by atoms with Crippen LogP contribution in [0.1, 0.15) is 54.0 Å². The second kappa shape index (κ2) is 22.6. The van der Waals surface area contributed by atoms with Crippen molar-refractivity contribution in [3.05, 3.63) is 102 Å². The van der Waals surface area contributed by atoms with Crippen molar-refractivity contribution >= 4 is 38.7 Å². The third-order valence-electron chi connectivity index (χ3n) is 7.70. The van der Waals surface area contributed by atoms with Gasteiger partial charge in [-0.1, -0.05) is 50.4 Å². The normalized spacial score (nSPS) is 16.0. The van der Waals surface area contributed by atoms with E-state index in [2.05, 4.69) is 49.2 Å². The fourth-order valence-corrected chi connectivity index (χ4v) is 5.25. The van der Waals surface area contributed by atoms with Crippen LogP contribution in [0.5, 0.6) is 0 Å². The lowest BCUT2D eigenvalue weighted by atomic mass is 10.1. The van der Waals surface area contributed by atoms with E-state index in [9.17, 15) is 27.6 Å². The lowest BCUT2D eigenvalue weighted by Crippen LogP contribution is -2.34. The molecule has 3 aliphatic heterocycles. The number of halogens is 4. The van der Waals surface area contributed by atoms with Crippen molar-refractivity contribution in [2.45, 2.75) is 54.0 Å². The third-order valence-corrected chi connectivity index (χ3v) is 8.42. The maximum Gasteiger partial charge on any atom is 0.278 e. The van der Waals surface area contributed by atoms with Gasteiger partial charge in [-0.3, -0.25) is 19.0 Å². The number of rotatable bonds is 2. The summed E-state index contributed by atoms with van der Waals surface area (Å²) in [4.78, 5) is 40.3. The first-order valence-corrected chi connectivity index (χ1v) is 16.1. The van der Waals surface area contributed by atoms with Crippen LogP contribution < -0.4 is 39.2 Å². The Morgan fingerprint density at radius 2 is 1.27 bits per heavy atom. The molecular weight excluding hydrogens is 731 g/mol. The zero-order chi connectivity index (χ0) is 35.4. The van der Waals surface area contributed by atoms with Crippen LogP contribution in [0.4, 0.5) is 30.2 Å². The molecule has 0 aliphatic carbocycles. The van der Waals surface area contributed by atoms with Crippen molar-refractivity contribution in [1.29, 1.82) is 0 Å². The van der Waals surface area contributed by atoms with Crippen LogP contribution in [0.15, 0.2) is 67.8 Å². The van der Waals surface area contributed by atoms with E-state index >= 15 is 0 Å². The monoisotopic (exact) mass is 785 g/mol. The molecule has 3 aliphatic rings. The smallest absolute Gasteiger partial charge is 0.278 e. The van der Waals surface area contributed by atoms with Crippen LogP contribution in [0.3, 0.4) is 0 Å². The first-order valence-electron chi connectivity index (χ1n) is 15.4. The van der Waals surface area contributed by atoms with E-state index in [1.54, 1.807) is 0 Å². The number of hydrogen-bond donors (Lipinski definition) is 5. The van der Waals surface area contributed by atoms with E-state index in [0.717, 1.165) is 82.1 Å². The number of aromatic amines is 1. The topological polar surface area (TPSA) is 173 Å². The number of pyridine rings is 3. The molecule has 286 valence electrons. The molecule has 0 bridgehead atoms. The van der Waals surface area contributed by atoms with Crippen molar-refractivity contribution in [3.63, 3.8) is 0 Å². The fourth-order valence-electron chi connectivity index (χ4n) is 4.92. The molecule has 0 aromatic carbocycles. The summed E-state index contributed by atoms with van der Waals surface area (Å²) in [5.41, 5.74) is 15.5. The van der Waals surface area contributed by atoms with Crippen LogP contribution in [0, 0.1) is 17.5 Å². The zero-order valence-electron chi connectivity index (χ0n) is 27.0. The second-order valence-corrected chi connectivity index (χ2v) is 12.6. The molecular formula is C35H55BrF3N9O3. The lowest BCUT2D eigenvalue weighted by Gasteiger charge is -2.24. The minimum absolute atomic E-state index is 0. The van der Waals surface area contributed by atoms with E-state index in [1.165, 1.54) is 39.0 Å². The Morgan fingerprint density at radius 3 is 1.76 bits per heavy atom. The predicted octanol–water partition coefficient (Wildman–Crippen LogP) is 4.85. The Labute approximate surface area is 306 Å². The van der Waals surface area contributed by atoms with Crippen LogP contribution in [-0.2, 0) is 0 Å². The highest BCUT2D eigenvalue weighted by Gasteiger charge is 2.17. The van der Waals surface area contributed by atoms with Gasteiger partial charge in [0.05, 0.1) is 0 Å². The quantitative estimate of drug-likeness (QED) is 0.244. The summed E-state index contributed by atoms with van der Waals surface area (Å²) < 4.78 is 42.4. The largest absolute Gasteiger partial charge is 0.394 e. The summed E-state index contributed by atoms with van der Waals surface area (Å²) in [6.07, 6.45) is 11.1. The number of aromatic nitrogens is 3. The summed E-state index contributed by atoms with van der Waals surface area (Å²) in [6.45, 7) is 5.62. The highest BCUT2D eigenvalue weighted by atomic mass is 79.9. The number of hydrogen-bond acceptors (Lipinski definition) is 9. The number of anilines is 3. The Morgan fingerprint density at radius 1 is 0.745 bits per heavy atom. The predicted molar refractivity (Wildman–Crippen MR) is 208 cm³/mol. The molecule has 0 saturated carbocycles. The molecule has 0 radical (unpaired) electrons. The summed E-state index contributed by atoms with van der Waals surface area (Å²) in [7, 11) is 4.13. The second-order valence-electron chi connectivity index (χ2n) is 11.6. The molecule has 8 N–H and O–H groups in total. The van der Waals surface area contributed by atoms with Gasteiger partial charge in [-0.25, -0.2) is 13.2 Å². The summed E-state index contributed by atoms with van der Waals surface area (Å²) in [5, 5.41) is 3.19. The lowest BCUT2D eigenvalue weighted by molar-refractivity contribution is 0.356. The molecule has 51 heavy (non-hydrogen) atoms. The van der Waals surface area contributed by atoms with Crippen molar-refractivity contribution in [3.8, 4) is 0 Å². The minimum Gasteiger partial charge on any atom is -0.394 e. The van der Waals surface area contributed by atoms with Gasteiger partial charge in [0.15, 0.2) is 0 Å². The maximum atomic E-state index is 13.2. The molecule has 16 heteroatoms. The van der Waals surface area contributed by atoms with Crippen molar-refractivity contribution in [2.24, 2.45) is 0 Å².